The SMILES string of the molecule is CC#CC1(O)CCC2(CCOc3ccc(CN(C)C)cc3)c3cc[c]cc3CCC2C1. The second kappa shape index (κ2) is 9.07. The van der Waals surface area contributed by atoms with Crippen LogP contribution in [0.3, 0.4) is 0 Å². The van der Waals surface area contributed by atoms with Crippen molar-refractivity contribution in [1.82, 2.24) is 4.90 Å². The molecule has 0 spiro atoms. The molecule has 0 heterocycles. The molecule has 0 aliphatic heterocycles. The Hall–Kier alpha value is -2.28. The van der Waals surface area contributed by atoms with Crippen LogP contribution in [0.15, 0.2) is 42.5 Å². The van der Waals surface area contributed by atoms with Gasteiger partial charge in [0.15, 0.2) is 0 Å². The number of aliphatic hydroxyl groups is 1. The van der Waals surface area contributed by atoms with E-state index in [4.69, 9.17) is 4.74 Å². The predicted molar refractivity (Wildman–Crippen MR) is 125 cm³/mol. The van der Waals surface area contributed by atoms with Crippen molar-refractivity contribution in [2.24, 2.45) is 5.92 Å². The zero-order valence-corrected chi connectivity index (χ0v) is 19.1. The minimum atomic E-state index is -0.843. The summed E-state index contributed by atoms with van der Waals surface area (Å²) in [4.78, 5) is 2.17. The van der Waals surface area contributed by atoms with E-state index in [9.17, 15) is 5.11 Å². The summed E-state index contributed by atoms with van der Waals surface area (Å²) in [6.07, 6.45) is 5.54. The molecule has 1 saturated carbocycles. The molecule has 0 saturated heterocycles. The summed E-state index contributed by atoms with van der Waals surface area (Å²) in [5, 5.41) is 11.0. The van der Waals surface area contributed by atoms with Gasteiger partial charge in [-0.1, -0.05) is 36.3 Å². The molecule has 3 unspecified atom stereocenters. The number of hydrogen-bond acceptors (Lipinski definition) is 3. The van der Waals surface area contributed by atoms with E-state index in [1.807, 2.05) is 13.0 Å². The van der Waals surface area contributed by atoms with Crippen LogP contribution in [-0.2, 0) is 18.4 Å². The first-order valence-corrected chi connectivity index (χ1v) is 11.5. The molecule has 2 aromatic carbocycles. The van der Waals surface area contributed by atoms with Crippen LogP contribution in [0.4, 0.5) is 0 Å². The van der Waals surface area contributed by atoms with Crippen molar-refractivity contribution in [2.45, 2.75) is 63.0 Å². The maximum atomic E-state index is 11.0. The lowest BCUT2D eigenvalue weighted by Gasteiger charge is -2.52. The first kappa shape index (κ1) is 21.9. The maximum Gasteiger partial charge on any atom is 0.125 e. The number of fused-ring (bicyclic) bond motifs is 3. The fourth-order valence-electron chi connectivity index (χ4n) is 5.78. The van der Waals surface area contributed by atoms with Crippen LogP contribution in [-0.4, -0.2) is 36.3 Å². The van der Waals surface area contributed by atoms with Crippen LogP contribution in [0.2, 0.25) is 0 Å². The average molecular weight is 417 g/mol. The average Bonchev–Trinajstić information content (AvgIpc) is 2.75. The molecule has 0 bridgehead atoms. The molecular formula is C28H34NO2. The van der Waals surface area contributed by atoms with Crippen molar-refractivity contribution in [3.05, 3.63) is 65.2 Å². The molecule has 1 N–H and O–H groups in total. The minimum absolute atomic E-state index is 0.0508. The van der Waals surface area contributed by atoms with Crippen molar-refractivity contribution in [2.75, 3.05) is 20.7 Å². The van der Waals surface area contributed by atoms with Crippen molar-refractivity contribution >= 4 is 0 Å². The van der Waals surface area contributed by atoms with Crippen molar-refractivity contribution in [3.63, 3.8) is 0 Å². The summed E-state index contributed by atoms with van der Waals surface area (Å²) in [5.74, 6) is 7.41. The van der Waals surface area contributed by atoms with Crippen LogP contribution in [0, 0.1) is 23.8 Å². The number of nitrogens with zero attached hydrogens (tertiary/aromatic N) is 1. The highest BCUT2D eigenvalue weighted by Crippen LogP contribution is 2.54. The third-order valence-corrected chi connectivity index (χ3v) is 7.20. The van der Waals surface area contributed by atoms with Gasteiger partial charge in [-0.3, -0.25) is 0 Å². The summed E-state index contributed by atoms with van der Waals surface area (Å²) < 4.78 is 6.22. The third-order valence-electron chi connectivity index (χ3n) is 7.20. The standard InChI is InChI=1S/C28H34NO2/c1-4-15-27(30)16-17-28(24(20-27)12-11-23-7-5-6-8-26(23)28)18-19-31-25-13-9-22(10-14-25)21-29(2)3/h6-10,13-14,24,30H,11-12,16-21H2,1-3H3. The molecule has 1 fully saturated rings. The Morgan fingerprint density at radius 1 is 1.19 bits per heavy atom. The quantitative estimate of drug-likeness (QED) is 0.690. The predicted octanol–water partition coefficient (Wildman–Crippen LogP) is 4.76. The molecule has 163 valence electrons. The van der Waals surface area contributed by atoms with Crippen molar-refractivity contribution < 1.29 is 9.84 Å². The maximum absolute atomic E-state index is 11.0. The molecule has 3 atom stereocenters. The van der Waals surface area contributed by atoms with Crippen molar-refractivity contribution in [1.29, 1.82) is 0 Å². The molecule has 1 radical (unpaired) electrons. The topological polar surface area (TPSA) is 32.7 Å². The smallest absolute Gasteiger partial charge is 0.125 e. The van der Waals surface area contributed by atoms with Crippen LogP contribution >= 0.6 is 0 Å². The number of ether oxygens (including phenoxy) is 1. The highest BCUT2D eigenvalue weighted by atomic mass is 16.5. The fraction of sp³-hybridized carbons (Fsp3) is 0.500. The van der Waals surface area contributed by atoms with Gasteiger partial charge in [-0.15, -0.1) is 5.92 Å². The van der Waals surface area contributed by atoms with Gasteiger partial charge in [0.2, 0.25) is 0 Å². The summed E-state index contributed by atoms with van der Waals surface area (Å²) >= 11 is 0. The monoisotopic (exact) mass is 416 g/mol. The summed E-state index contributed by atoms with van der Waals surface area (Å²) in [5.41, 5.74) is 3.36. The van der Waals surface area contributed by atoms with E-state index in [1.165, 1.54) is 16.7 Å². The van der Waals surface area contributed by atoms with E-state index < -0.39 is 5.60 Å². The Bertz CT molecular complexity index is 955. The molecule has 0 amide bonds. The van der Waals surface area contributed by atoms with Gasteiger partial charge < -0.3 is 14.7 Å². The molecule has 3 nitrogen and oxygen atoms in total. The van der Waals surface area contributed by atoms with Gasteiger partial charge in [-0.05, 0) is 100 Å². The van der Waals surface area contributed by atoms with Crippen LogP contribution in [0.25, 0.3) is 0 Å². The number of aryl methyl sites for hydroxylation is 1. The highest BCUT2D eigenvalue weighted by molar-refractivity contribution is 5.39. The lowest BCUT2D eigenvalue weighted by atomic mass is 9.53. The Morgan fingerprint density at radius 2 is 2.00 bits per heavy atom. The number of benzene rings is 2. The Kier molecular flexibility index (Phi) is 6.42. The van der Waals surface area contributed by atoms with E-state index in [-0.39, 0.29) is 5.41 Å². The zero-order chi connectivity index (χ0) is 21.9. The van der Waals surface area contributed by atoms with Crippen LogP contribution in [0.5, 0.6) is 5.75 Å². The van der Waals surface area contributed by atoms with Gasteiger partial charge in [-0.25, -0.2) is 0 Å². The van der Waals surface area contributed by atoms with Gasteiger partial charge in [0.05, 0.1) is 6.61 Å². The summed E-state index contributed by atoms with van der Waals surface area (Å²) in [6, 6.07) is 18.2. The zero-order valence-electron chi connectivity index (χ0n) is 19.1. The largest absolute Gasteiger partial charge is 0.494 e. The summed E-state index contributed by atoms with van der Waals surface area (Å²) in [7, 11) is 4.16. The fourth-order valence-corrected chi connectivity index (χ4v) is 5.78. The second-order valence-electron chi connectivity index (χ2n) is 9.57. The summed E-state index contributed by atoms with van der Waals surface area (Å²) in [6.45, 7) is 3.44. The van der Waals surface area contributed by atoms with Gasteiger partial charge in [-0.2, -0.15) is 0 Å². The third kappa shape index (κ3) is 4.66. The Morgan fingerprint density at radius 3 is 2.74 bits per heavy atom. The molecule has 31 heavy (non-hydrogen) atoms. The van der Waals surface area contributed by atoms with Crippen LogP contribution in [0.1, 0.15) is 55.7 Å². The van der Waals surface area contributed by atoms with Gasteiger partial charge in [0.1, 0.15) is 11.4 Å². The van der Waals surface area contributed by atoms with E-state index >= 15 is 0 Å². The molecular weight excluding hydrogens is 382 g/mol. The van der Waals surface area contributed by atoms with Gasteiger partial charge >= 0.3 is 0 Å². The second-order valence-corrected chi connectivity index (χ2v) is 9.57. The van der Waals surface area contributed by atoms with E-state index in [0.29, 0.717) is 12.5 Å². The molecule has 4 rings (SSSR count). The van der Waals surface area contributed by atoms with Crippen LogP contribution < -0.4 is 4.74 Å². The number of rotatable bonds is 6. The first-order chi connectivity index (χ1) is 14.9. The minimum Gasteiger partial charge on any atom is -0.494 e. The molecule has 2 aliphatic rings. The Balaban J connectivity index is 1.51. The lowest BCUT2D eigenvalue weighted by molar-refractivity contribution is -0.0143. The lowest BCUT2D eigenvalue weighted by Crippen LogP contribution is -2.50. The van der Waals surface area contributed by atoms with Gasteiger partial charge in [0.25, 0.3) is 0 Å². The van der Waals surface area contributed by atoms with Crippen molar-refractivity contribution in [3.8, 4) is 17.6 Å². The molecule has 2 aliphatic carbocycles. The highest BCUT2D eigenvalue weighted by Gasteiger charge is 2.51. The van der Waals surface area contributed by atoms with E-state index in [2.05, 4.69) is 73.3 Å². The molecule has 3 heteroatoms. The first-order valence-electron chi connectivity index (χ1n) is 11.5. The number of hydrogen-bond donors (Lipinski definition) is 1. The van der Waals surface area contributed by atoms with E-state index in [1.54, 1.807) is 0 Å². The normalized spacial score (nSPS) is 27.1. The molecule has 0 aromatic heterocycles. The Labute approximate surface area is 187 Å². The van der Waals surface area contributed by atoms with E-state index in [0.717, 1.165) is 50.8 Å². The molecule has 2 aromatic rings. The van der Waals surface area contributed by atoms with Gasteiger partial charge in [0, 0.05) is 12.0 Å².